The predicted octanol–water partition coefficient (Wildman–Crippen LogP) is 1.74. The molecule has 64 valence electrons. The van der Waals surface area contributed by atoms with Crippen molar-refractivity contribution in [2.45, 2.75) is 6.92 Å². The van der Waals surface area contributed by atoms with E-state index in [0.29, 0.717) is 5.69 Å². The molecule has 0 bridgehead atoms. The standard InChI is InChI=1S/C6H5Cl2N3O/c1-3(12)10-4-2-9-6(8)11-5(4)7/h2H,1H3,(H,10,12). The number of amides is 1. The first kappa shape index (κ1) is 9.22. The van der Waals surface area contributed by atoms with Crippen molar-refractivity contribution in [1.29, 1.82) is 0 Å². The molecule has 12 heavy (non-hydrogen) atoms. The van der Waals surface area contributed by atoms with Gasteiger partial charge in [-0.1, -0.05) is 11.6 Å². The van der Waals surface area contributed by atoms with E-state index in [1.807, 2.05) is 0 Å². The summed E-state index contributed by atoms with van der Waals surface area (Å²) in [5, 5.41) is 2.63. The van der Waals surface area contributed by atoms with Gasteiger partial charge in [0, 0.05) is 6.92 Å². The Bertz CT molecular complexity index is 316. The lowest BCUT2D eigenvalue weighted by atomic mass is 10.5. The van der Waals surface area contributed by atoms with Gasteiger partial charge in [-0.2, -0.15) is 0 Å². The van der Waals surface area contributed by atoms with E-state index >= 15 is 0 Å². The van der Waals surface area contributed by atoms with E-state index in [4.69, 9.17) is 23.2 Å². The quantitative estimate of drug-likeness (QED) is 0.562. The molecule has 1 amide bonds. The molecule has 0 radical (unpaired) electrons. The summed E-state index contributed by atoms with van der Waals surface area (Å²) in [6.07, 6.45) is 1.35. The minimum absolute atomic E-state index is 0.0501. The highest BCUT2D eigenvalue weighted by Gasteiger charge is 2.04. The number of carbonyl (C=O) groups excluding carboxylic acids is 1. The van der Waals surface area contributed by atoms with Crippen LogP contribution in [0, 0.1) is 0 Å². The fourth-order valence-corrected chi connectivity index (χ4v) is 0.967. The number of rotatable bonds is 1. The highest BCUT2D eigenvalue weighted by atomic mass is 35.5. The van der Waals surface area contributed by atoms with Crippen molar-refractivity contribution in [3.05, 3.63) is 16.6 Å². The summed E-state index contributed by atoms with van der Waals surface area (Å²) >= 11 is 11.1. The number of nitrogens with zero attached hydrogens (tertiary/aromatic N) is 2. The number of halogens is 2. The van der Waals surface area contributed by atoms with Gasteiger partial charge in [-0.25, -0.2) is 9.97 Å². The first-order chi connectivity index (χ1) is 5.59. The molecule has 1 N–H and O–H groups in total. The van der Waals surface area contributed by atoms with Crippen LogP contribution in [0.15, 0.2) is 6.20 Å². The Morgan fingerprint density at radius 3 is 2.75 bits per heavy atom. The Labute approximate surface area is 78.9 Å². The van der Waals surface area contributed by atoms with Gasteiger partial charge in [0.15, 0.2) is 5.15 Å². The van der Waals surface area contributed by atoms with Crippen LogP contribution >= 0.6 is 23.2 Å². The maximum absolute atomic E-state index is 10.6. The van der Waals surface area contributed by atoms with E-state index < -0.39 is 0 Å². The van der Waals surface area contributed by atoms with Crippen molar-refractivity contribution in [2.24, 2.45) is 0 Å². The zero-order valence-corrected chi connectivity index (χ0v) is 7.65. The van der Waals surface area contributed by atoms with E-state index in [0.717, 1.165) is 0 Å². The van der Waals surface area contributed by atoms with Crippen molar-refractivity contribution in [3.63, 3.8) is 0 Å². The molecule has 1 heterocycles. The molecule has 0 spiro atoms. The Morgan fingerprint density at radius 2 is 2.25 bits per heavy atom. The smallest absolute Gasteiger partial charge is 0.223 e. The molecule has 1 rings (SSSR count). The van der Waals surface area contributed by atoms with Gasteiger partial charge in [0.1, 0.15) is 0 Å². The van der Waals surface area contributed by atoms with Crippen LogP contribution in [-0.2, 0) is 4.79 Å². The fraction of sp³-hybridized carbons (Fsp3) is 0.167. The molecule has 0 unspecified atom stereocenters. The number of nitrogens with one attached hydrogen (secondary N) is 1. The normalized spacial score (nSPS) is 9.58. The van der Waals surface area contributed by atoms with Gasteiger partial charge in [-0.05, 0) is 11.6 Å². The zero-order chi connectivity index (χ0) is 9.14. The molecule has 0 saturated heterocycles. The average Bonchev–Trinajstić information content (AvgIpc) is 1.94. The number of aromatic nitrogens is 2. The summed E-state index contributed by atoms with van der Waals surface area (Å²) in [4.78, 5) is 17.9. The maximum atomic E-state index is 10.6. The average molecular weight is 206 g/mol. The van der Waals surface area contributed by atoms with E-state index in [2.05, 4.69) is 15.3 Å². The Balaban J connectivity index is 2.93. The Morgan fingerprint density at radius 1 is 1.58 bits per heavy atom. The van der Waals surface area contributed by atoms with Gasteiger partial charge in [-0.15, -0.1) is 0 Å². The van der Waals surface area contributed by atoms with Crippen molar-refractivity contribution in [3.8, 4) is 0 Å². The molecule has 0 aliphatic rings. The van der Waals surface area contributed by atoms with E-state index in [-0.39, 0.29) is 16.3 Å². The zero-order valence-electron chi connectivity index (χ0n) is 6.14. The van der Waals surface area contributed by atoms with Crippen LogP contribution in [0.2, 0.25) is 10.4 Å². The predicted molar refractivity (Wildman–Crippen MR) is 46.4 cm³/mol. The largest absolute Gasteiger partial charge is 0.322 e. The lowest BCUT2D eigenvalue weighted by molar-refractivity contribution is -0.114. The number of carbonyl (C=O) groups is 1. The molecule has 0 fully saturated rings. The number of hydrogen-bond donors (Lipinski definition) is 1. The van der Waals surface area contributed by atoms with Crippen molar-refractivity contribution >= 4 is 34.8 Å². The Hall–Kier alpha value is -0.870. The van der Waals surface area contributed by atoms with Gasteiger partial charge in [-0.3, -0.25) is 4.79 Å². The van der Waals surface area contributed by atoms with Crippen molar-refractivity contribution < 1.29 is 4.79 Å². The highest BCUT2D eigenvalue weighted by molar-refractivity contribution is 6.34. The summed E-state index contributed by atoms with van der Waals surface area (Å²) in [7, 11) is 0. The summed E-state index contributed by atoms with van der Waals surface area (Å²) in [5.74, 6) is -0.233. The summed E-state index contributed by atoms with van der Waals surface area (Å²) in [6.45, 7) is 1.37. The summed E-state index contributed by atoms with van der Waals surface area (Å²) in [6, 6.07) is 0. The highest BCUT2D eigenvalue weighted by Crippen LogP contribution is 2.18. The van der Waals surface area contributed by atoms with Crippen LogP contribution < -0.4 is 5.32 Å². The summed E-state index contributed by atoms with van der Waals surface area (Å²) < 4.78 is 0. The minimum Gasteiger partial charge on any atom is -0.322 e. The molecule has 0 saturated carbocycles. The van der Waals surface area contributed by atoms with Crippen molar-refractivity contribution in [2.75, 3.05) is 5.32 Å². The minimum atomic E-state index is -0.233. The fourth-order valence-electron chi connectivity index (χ4n) is 0.615. The molecule has 1 aromatic rings. The van der Waals surface area contributed by atoms with E-state index in [1.54, 1.807) is 0 Å². The topological polar surface area (TPSA) is 54.9 Å². The van der Waals surface area contributed by atoms with Crippen molar-refractivity contribution in [1.82, 2.24) is 9.97 Å². The molecular weight excluding hydrogens is 201 g/mol. The molecule has 0 atom stereocenters. The van der Waals surface area contributed by atoms with Crippen LogP contribution in [0.5, 0.6) is 0 Å². The van der Waals surface area contributed by atoms with Crippen LogP contribution in [0.25, 0.3) is 0 Å². The van der Waals surface area contributed by atoms with Crippen LogP contribution in [0.1, 0.15) is 6.92 Å². The monoisotopic (exact) mass is 205 g/mol. The molecular formula is C6H5Cl2N3O. The van der Waals surface area contributed by atoms with Gasteiger partial charge in [0.25, 0.3) is 0 Å². The van der Waals surface area contributed by atoms with E-state index in [1.165, 1.54) is 13.1 Å². The van der Waals surface area contributed by atoms with Gasteiger partial charge < -0.3 is 5.32 Å². The lowest BCUT2D eigenvalue weighted by Crippen LogP contribution is -2.07. The third-order valence-electron chi connectivity index (χ3n) is 1.02. The second kappa shape index (κ2) is 3.69. The molecule has 0 aromatic carbocycles. The van der Waals surface area contributed by atoms with Crippen LogP contribution in [-0.4, -0.2) is 15.9 Å². The second-order valence-electron chi connectivity index (χ2n) is 2.02. The van der Waals surface area contributed by atoms with Gasteiger partial charge >= 0.3 is 0 Å². The van der Waals surface area contributed by atoms with Gasteiger partial charge in [0.2, 0.25) is 11.2 Å². The first-order valence-electron chi connectivity index (χ1n) is 3.05. The maximum Gasteiger partial charge on any atom is 0.223 e. The SMILES string of the molecule is CC(=O)Nc1cnc(Cl)nc1Cl. The number of anilines is 1. The first-order valence-corrected chi connectivity index (χ1v) is 3.81. The number of hydrogen-bond acceptors (Lipinski definition) is 3. The third-order valence-corrected chi connectivity index (χ3v) is 1.49. The van der Waals surface area contributed by atoms with Crippen LogP contribution in [0.3, 0.4) is 0 Å². The Kier molecular flexibility index (Phi) is 2.83. The second-order valence-corrected chi connectivity index (χ2v) is 2.72. The molecule has 0 aliphatic heterocycles. The van der Waals surface area contributed by atoms with Gasteiger partial charge in [0.05, 0.1) is 11.9 Å². The molecule has 6 heteroatoms. The molecule has 4 nitrogen and oxygen atoms in total. The summed E-state index contributed by atoms with van der Waals surface area (Å²) in [5.41, 5.74) is 0.355. The van der Waals surface area contributed by atoms with Crippen LogP contribution in [0.4, 0.5) is 5.69 Å². The lowest BCUT2D eigenvalue weighted by Gasteiger charge is -2.01. The third kappa shape index (κ3) is 2.32. The molecule has 1 aromatic heterocycles. The molecule has 0 aliphatic carbocycles. The van der Waals surface area contributed by atoms with E-state index in [9.17, 15) is 4.79 Å².